The highest BCUT2D eigenvalue weighted by atomic mass is 35.5. The molecule has 13 heteroatoms. The molecule has 0 unspecified atom stereocenters. The fourth-order valence-electron chi connectivity index (χ4n) is 2.13. The lowest BCUT2D eigenvalue weighted by Gasteiger charge is -2.22. The number of amides is 2. The van der Waals surface area contributed by atoms with Gasteiger partial charge in [-0.3, -0.25) is 9.59 Å². The molecular weight excluding hydrogens is 427 g/mol. The standard InChI is InChI=1S/C15H17ClF3N3O5S/c1-9(23)22(28(25,26)15(17,18)19)5-2-6-27-11-7-12(13(16)20-8-11)14(24)21-10-3-4-10/h7-8,10H,2-6H2,1H3,(H,21,24). The van der Waals surface area contributed by atoms with E-state index >= 15 is 0 Å². The van der Waals surface area contributed by atoms with Gasteiger partial charge in [0.25, 0.3) is 5.91 Å². The molecule has 28 heavy (non-hydrogen) atoms. The van der Waals surface area contributed by atoms with Crippen LogP contribution in [0.3, 0.4) is 0 Å². The number of alkyl halides is 3. The zero-order valence-corrected chi connectivity index (χ0v) is 16.2. The highest BCUT2D eigenvalue weighted by Gasteiger charge is 2.50. The van der Waals surface area contributed by atoms with Crippen LogP contribution in [0.1, 0.15) is 36.5 Å². The van der Waals surface area contributed by atoms with Crippen molar-refractivity contribution in [3.8, 4) is 5.75 Å². The number of hydrogen-bond donors (Lipinski definition) is 1. The summed E-state index contributed by atoms with van der Waals surface area (Å²) < 4.78 is 65.6. The van der Waals surface area contributed by atoms with Crippen LogP contribution in [0.5, 0.6) is 5.75 Å². The Hall–Kier alpha value is -2.08. The number of halogens is 4. The highest BCUT2D eigenvalue weighted by Crippen LogP contribution is 2.27. The van der Waals surface area contributed by atoms with E-state index in [-0.39, 0.29) is 39.8 Å². The molecule has 1 saturated carbocycles. The van der Waals surface area contributed by atoms with E-state index in [1.165, 1.54) is 12.3 Å². The molecule has 156 valence electrons. The third kappa shape index (κ3) is 5.47. The van der Waals surface area contributed by atoms with E-state index in [2.05, 4.69) is 10.3 Å². The van der Waals surface area contributed by atoms with Gasteiger partial charge < -0.3 is 10.1 Å². The number of carbonyl (C=O) groups excluding carboxylic acids is 2. The Morgan fingerprint density at radius 1 is 1.39 bits per heavy atom. The van der Waals surface area contributed by atoms with Crippen LogP contribution < -0.4 is 10.1 Å². The molecular formula is C15H17ClF3N3O5S. The van der Waals surface area contributed by atoms with Crippen LogP contribution in [0.15, 0.2) is 12.3 Å². The average molecular weight is 444 g/mol. The monoisotopic (exact) mass is 443 g/mol. The molecule has 1 fully saturated rings. The number of nitrogens with one attached hydrogen (secondary N) is 1. The van der Waals surface area contributed by atoms with Crippen molar-refractivity contribution < 1.29 is 35.9 Å². The van der Waals surface area contributed by atoms with E-state index < -0.39 is 33.9 Å². The Kier molecular flexibility index (Phi) is 6.75. The van der Waals surface area contributed by atoms with Gasteiger partial charge in [0, 0.05) is 25.9 Å². The molecule has 0 aliphatic heterocycles. The van der Waals surface area contributed by atoms with Crippen LogP contribution in [0.4, 0.5) is 13.2 Å². The molecule has 0 spiro atoms. The lowest BCUT2D eigenvalue weighted by atomic mass is 10.2. The number of ether oxygens (including phenoxy) is 1. The number of sulfonamides is 1. The molecule has 0 atom stereocenters. The van der Waals surface area contributed by atoms with Crippen molar-refractivity contribution in [2.24, 2.45) is 0 Å². The van der Waals surface area contributed by atoms with Gasteiger partial charge in [-0.1, -0.05) is 11.6 Å². The fraction of sp³-hybridized carbons (Fsp3) is 0.533. The first kappa shape index (κ1) is 22.2. The van der Waals surface area contributed by atoms with E-state index in [0.717, 1.165) is 19.8 Å². The van der Waals surface area contributed by atoms with E-state index in [1.807, 2.05) is 0 Å². The maximum Gasteiger partial charge on any atom is 0.516 e. The van der Waals surface area contributed by atoms with Crippen LogP contribution >= 0.6 is 11.6 Å². The highest BCUT2D eigenvalue weighted by molar-refractivity contribution is 7.90. The maximum absolute atomic E-state index is 12.6. The Bertz CT molecular complexity index is 859. The first-order valence-corrected chi connectivity index (χ1v) is 9.94. The fourth-order valence-corrected chi connectivity index (χ4v) is 3.27. The zero-order chi connectivity index (χ0) is 21.1. The molecule has 1 aliphatic rings. The van der Waals surface area contributed by atoms with Crippen molar-refractivity contribution in [2.45, 2.75) is 37.7 Å². The summed E-state index contributed by atoms with van der Waals surface area (Å²) in [5.74, 6) is -1.56. The molecule has 1 aromatic rings. The zero-order valence-electron chi connectivity index (χ0n) is 14.6. The third-order valence-electron chi connectivity index (χ3n) is 3.68. The molecule has 1 aliphatic carbocycles. The van der Waals surface area contributed by atoms with Crippen molar-refractivity contribution in [1.82, 2.24) is 14.6 Å². The molecule has 1 aromatic heterocycles. The Morgan fingerprint density at radius 2 is 2.04 bits per heavy atom. The van der Waals surface area contributed by atoms with Crippen LogP contribution in [0, 0.1) is 0 Å². The van der Waals surface area contributed by atoms with E-state index in [0.29, 0.717) is 0 Å². The molecule has 0 saturated heterocycles. The van der Waals surface area contributed by atoms with Crippen molar-refractivity contribution in [2.75, 3.05) is 13.2 Å². The van der Waals surface area contributed by atoms with Crippen molar-refractivity contribution in [3.63, 3.8) is 0 Å². The minimum absolute atomic E-state index is 0.0375. The summed E-state index contributed by atoms with van der Waals surface area (Å²) in [6.45, 7) is -0.213. The lowest BCUT2D eigenvalue weighted by molar-refractivity contribution is -0.125. The van der Waals surface area contributed by atoms with Gasteiger partial charge >= 0.3 is 15.5 Å². The van der Waals surface area contributed by atoms with Crippen LogP contribution in [-0.4, -0.2) is 54.2 Å². The summed E-state index contributed by atoms with van der Waals surface area (Å²) >= 11 is 5.88. The Morgan fingerprint density at radius 3 is 2.57 bits per heavy atom. The van der Waals surface area contributed by atoms with Crippen molar-refractivity contribution >= 4 is 33.4 Å². The minimum Gasteiger partial charge on any atom is -0.492 e. The van der Waals surface area contributed by atoms with Gasteiger partial charge in [0.1, 0.15) is 10.9 Å². The van der Waals surface area contributed by atoms with Gasteiger partial charge in [-0.15, -0.1) is 0 Å². The molecule has 0 bridgehead atoms. The SMILES string of the molecule is CC(=O)N(CCCOc1cnc(Cl)c(C(=O)NC2CC2)c1)S(=O)(=O)C(F)(F)F. The van der Waals surface area contributed by atoms with E-state index in [4.69, 9.17) is 16.3 Å². The Labute approximate surface area is 164 Å². The first-order chi connectivity index (χ1) is 12.9. The predicted molar refractivity (Wildman–Crippen MR) is 92.2 cm³/mol. The summed E-state index contributed by atoms with van der Waals surface area (Å²) in [7, 11) is -5.77. The second-order valence-electron chi connectivity index (χ2n) is 6.00. The normalized spacial score (nSPS) is 14.5. The van der Waals surface area contributed by atoms with Gasteiger partial charge in [0.15, 0.2) is 0 Å². The van der Waals surface area contributed by atoms with Gasteiger partial charge in [0.2, 0.25) is 5.91 Å². The summed E-state index contributed by atoms with van der Waals surface area (Å²) in [6.07, 6.45) is 2.76. The topological polar surface area (TPSA) is 106 Å². The van der Waals surface area contributed by atoms with Gasteiger partial charge in [-0.25, -0.2) is 9.29 Å². The minimum atomic E-state index is -5.77. The number of nitrogens with zero attached hydrogens (tertiary/aromatic N) is 2. The van der Waals surface area contributed by atoms with Crippen LogP contribution in [0.2, 0.25) is 5.15 Å². The summed E-state index contributed by atoms with van der Waals surface area (Å²) in [5.41, 5.74) is -5.50. The summed E-state index contributed by atoms with van der Waals surface area (Å²) in [4.78, 5) is 27.2. The quantitative estimate of drug-likeness (QED) is 0.487. The maximum atomic E-state index is 12.6. The van der Waals surface area contributed by atoms with Crippen molar-refractivity contribution in [3.05, 3.63) is 23.0 Å². The molecule has 8 nitrogen and oxygen atoms in total. The number of hydrogen-bond acceptors (Lipinski definition) is 6. The number of rotatable bonds is 8. The van der Waals surface area contributed by atoms with E-state index in [1.54, 1.807) is 0 Å². The van der Waals surface area contributed by atoms with Crippen LogP contribution in [0.25, 0.3) is 0 Å². The smallest absolute Gasteiger partial charge is 0.492 e. The molecule has 2 rings (SSSR count). The molecule has 0 aromatic carbocycles. The summed E-state index contributed by atoms with van der Waals surface area (Å²) in [5, 5.41) is 2.69. The largest absolute Gasteiger partial charge is 0.516 e. The van der Waals surface area contributed by atoms with Crippen molar-refractivity contribution in [1.29, 1.82) is 0 Å². The van der Waals surface area contributed by atoms with Crippen LogP contribution in [-0.2, 0) is 14.8 Å². The molecule has 1 heterocycles. The summed E-state index contributed by atoms with van der Waals surface area (Å²) in [6, 6.07) is 1.42. The lowest BCUT2D eigenvalue weighted by Crippen LogP contribution is -2.44. The predicted octanol–water partition coefficient (Wildman–Crippen LogP) is 2.09. The van der Waals surface area contributed by atoms with E-state index in [9.17, 15) is 31.2 Å². The molecule has 1 N–H and O–H groups in total. The first-order valence-electron chi connectivity index (χ1n) is 8.12. The Balaban J connectivity index is 1.95. The number of aromatic nitrogens is 1. The third-order valence-corrected chi connectivity index (χ3v) is 5.59. The van der Waals surface area contributed by atoms with Gasteiger partial charge in [-0.05, 0) is 18.9 Å². The number of carbonyl (C=O) groups is 2. The number of pyridine rings is 1. The van der Waals surface area contributed by atoms with Gasteiger partial charge in [-0.2, -0.15) is 21.6 Å². The van der Waals surface area contributed by atoms with Gasteiger partial charge in [0.05, 0.1) is 18.4 Å². The molecule has 2 amide bonds. The average Bonchev–Trinajstić information content (AvgIpc) is 3.38. The molecule has 0 radical (unpaired) electrons. The second kappa shape index (κ2) is 8.52. The second-order valence-corrected chi connectivity index (χ2v) is 8.21.